The highest BCUT2D eigenvalue weighted by atomic mass is 16.3. The average Bonchev–Trinajstić information content (AvgIpc) is 4.08. The molecule has 3 aromatic heterocycles. The van der Waals surface area contributed by atoms with E-state index in [1.165, 1.54) is 66.2 Å². The minimum absolute atomic E-state index is 0.436. The molecular formula is C68H53N3O. The largest absolute Gasteiger partial charge is 0.439 e. The van der Waals surface area contributed by atoms with Crippen molar-refractivity contribution in [2.75, 3.05) is 9.80 Å². The van der Waals surface area contributed by atoms with Gasteiger partial charge in [0, 0.05) is 61.7 Å². The molecule has 0 unspecified atom stereocenters. The number of anilines is 6. The molecule has 0 N–H and O–H groups in total. The van der Waals surface area contributed by atoms with Crippen molar-refractivity contribution in [3.63, 3.8) is 0 Å². The van der Waals surface area contributed by atoms with Crippen LogP contribution in [0, 0.1) is 0 Å². The normalized spacial score (nSPS) is 11.9. The third-order valence-corrected chi connectivity index (χ3v) is 14.7. The number of fused-ring (bicyclic) bond motifs is 8. The van der Waals surface area contributed by atoms with Gasteiger partial charge in [0.25, 0.3) is 0 Å². The fourth-order valence-electron chi connectivity index (χ4n) is 10.9. The maximum absolute atomic E-state index is 7.21. The molecule has 4 heteroatoms. The molecule has 13 aromatic rings. The second-order valence-corrected chi connectivity index (χ2v) is 19.8. The molecule has 0 amide bonds. The molecule has 0 atom stereocenters. The van der Waals surface area contributed by atoms with E-state index in [-0.39, 0.29) is 0 Å². The molecule has 10 aromatic carbocycles. The van der Waals surface area contributed by atoms with Crippen molar-refractivity contribution in [2.24, 2.45) is 0 Å². The van der Waals surface area contributed by atoms with E-state index in [1.54, 1.807) is 0 Å². The number of aromatic nitrogens is 1. The van der Waals surface area contributed by atoms with E-state index >= 15 is 0 Å². The van der Waals surface area contributed by atoms with E-state index in [1.807, 2.05) is 0 Å². The highest BCUT2D eigenvalue weighted by molar-refractivity contribution is 6.29. The summed E-state index contributed by atoms with van der Waals surface area (Å²) in [6.07, 6.45) is 0. The van der Waals surface area contributed by atoms with Crippen molar-refractivity contribution in [1.82, 2.24) is 4.40 Å². The Bertz CT molecular complexity index is 4040. The van der Waals surface area contributed by atoms with Gasteiger partial charge in [0.1, 0.15) is 5.58 Å². The zero-order chi connectivity index (χ0) is 48.5. The zero-order valence-corrected chi connectivity index (χ0v) is 40.9. The summed E-state index contributed by atoms with van der Waals surface area (Å²) in [6.45, 7) is 8.99. The van der Waals surface area contributed by atoms with Crippen LogP contribution >= 0.6 is 0 Å². The summed E-state index contributed by atoms with van der Waals surface area (Å²) in [7, 11) is 0. The highest BCUT2D eigenvalue weighted by Crippen LogP contribution is 2.48. The van der Waals surface area contributed by atoms with Crippen molar-refractivity contribution in [1.29, 1.82) is 0 Å². The lowest BCUT2D eigenvalue weighted by molar-refractivity contribution is 0.652. The Morgan fingerprint density at radius 1 is 0.333 bits per heavy atom. The summed E-state index contributed by atoms with van der Waals surface area (Å²) in [5, 5.41) is 5.78. The van der Waals surface area contributed by atoms with Crippen molar-refractivity contribution in [3.8, 4) is 33.4 Å². The van der Waals surface area contributed by atoms with Crippen LogP contribution in [0.5, 0.6) is 0 Å². The Labute approximate surface area is 420 Å². The maximum atomic E-state index is 7.21. The van der Waals surface area contributed by atoms with Crippen LogP contribution in [0.15, 0.2) is 241 Å². The highest BCUT2D eigenvalue weighted by Gasteiger charge is 2.26. The van der Waals surface area contributed by atoms with E-state index in [4.69, 9.17) is 4.42 Å². The molecule has 72 heavy (non-hydrogen) atoms. The average molecular weight is 928 g/mol. The van der Waals surface area contributed by atoms with Gasteiger partial charge in [0.2, 0.25) is 5.71 Å². The molecule has 0 aliphatic carbocycles. The van der Waals surface area contributed by atoms with E-state index in [2.05, 4.69) is 278 Å². The zero-order valence-electron chi connectivity index (χ0n) is 40.9. The molecule has 0 saturated carbocycles. The van der Waals surface area contributed by atoms with Gasteiger partial charge in [-0.2, -0.15) is 0 Å². The minimum Gasteiger partial charge on any atom is -0.439 e. The molecule has 0 radical (unpaired) electrons. The molecule has 13 rings (SSSR count). The second kappa shape index (κ2) is 17.5. The van der Waals surface area contributed by atoms with Gasteiger partial charge in [-0.15, -0.1) is 0 Å². The van der Waals surface area contributed by atoms with Gasteiger partial charge < -0.3 is 14.2 Å². The smallest absolute Gasteiger partial charge is 0.213 e. The van der Waals surface area contributed by atoms with Crippen molar-refractivity contribution >= 4 is 83.4 Å². The molecule has 0 aliphatic heterocycles. The lowest BCUT2D eigenvalue weighted by Crippen LogP contribution is -2.10. The maximum Gasteiger partial charge on any atom is 0.213 e. The van der Waals surface area contributed by atoms with Crippen LogP contribution in [0.25, 0.3) is 82.6 Å². The molecule has 0 spiro atoms. The summed E-state index contributed by atoms with van der Waals surface area (Å²) in [5.74, 6) is 0.873. The first-order chi connectivity index (χ1) is 35.3. The summed E-state index contributed by atoms with van der Waals surface area (Å²) < 4.78 is 9.58. The van der Waals surface area contributed by atoms with Crippen LogP contribution in [0.2, 0.25) is 0 Å². The molecule has 0 saturated heterocycles. The predicted octanol–water partition coefficient (Wildman–Crippen LogP) is 19.8. The number of rotatable bonds is 11. The standard InChI is InChI=1S/C68H53N3O/c1-44(2)46-20-28-54(29-21-46)69(56-32-24-51(25-33-56)48-14-8-5-9-15-48)58-37-39-64-61(42-58)62-40-53(50-18-12-7-13-19-50)41-63-66-60-38-36-59(43-65(60)72-68(66)71(64)67(62)63)70(55-30-22-47(23-31-55)45(3)4)57-34-26-52(27-35-57)49-16-10-6-11-17-49/h5-45H,1-4H3. The van der Waals surface area contributed by atoms with Crippen LogP contribution in [0.4, 0.5) is 34.1 Å². The Kier molecular flexibility index (Phi) is 10.5. The van der Waals surface area contributed by atoms with Gasteiger partial charge in [-0.25, -0.2) is 0 Å². The topological polar surface area (TPSA) is 24.0 Å². The summed E-state index contributed by atoms with van der Waals surface area (Å²) in [5.41, 5.74) is 20.2. The van der Waals surface area contributed by atoms with Gasteiger partial charge in [0.05, 0.1) is 16.4 Å². The summed E-state index contributed by atoms with van der Waals surface area (Å²) in [4.78, 5) is 4.73. The molecule has 0 bridgehead atoms. The third-order valence-electron chi connectivity index (χ3n) is 14.7. The van der Waals surface area contributed by atoms with Crippen molar-refractivity contribution in [3.05, 3.63) is 248 Å². The van der Waals surface area contributed by atoms with Gasteiger partial charge >= 0.3 is 0 Å². The lowest BCUT2D eigenvalue weighted by Gasteiger charge is -2.26. The number of hydrogen-bond acceptors (Lipinski definition) is 3. The Hall–Kier alpha value is -8.86. The molecule has 346 valence electrons. The quantitative estimate of drug-likeness (QED) is 0.129. The fraction of sp³-hybridized carbons (Fsp3) is 0.0882. The third kappa shape index (κ3) is 7.38. The van der Waals surface area contributed by atoms with Gasteiger partial charge in [-0.1, -0.05) is 167 Å². The first-order valence-corrected chi connectivity index (χ1v) is 25.2. The Morgan fingerprint density at radius 3 is 1.22 bits per heavy atom. The van der Waals surface area contributed by atoms with Gasteiger partial charge in [0.15, 0.2) is 0 Å². The molecule has 0 fully saturated rings. The van der Waals surface area contributed by atoms with Crippen molar-refractivity contribution in [2.45, 2.75) is 39.5 Å². The van der Waals surface area contributed by atoms with Gasteiger partial charge in [-0.05, 0) is 147 Å². The molecule has 3 heterocycles. The SMILES string of the molecule is CC(C)c1ccc(N(c2ccc(-c3ccccc3)cc2)c2ccc3c(c2)oc2c3c3cc(-c4ccccc4)cc4c5cc(N(c6ccc(-c7ccccc7)cc6)c6ccc(C(C)C)cc6)ccc5n2c43)cc1. The first kappa shape index (κ1) is 43.2. The number of hydrogen-bond donors (Lipinski definition) is 0. The number of nitrogens with zero attached hydrogens (tertiary/aromatic N) is 3. The lowest BCUT2D eigenvalue weighted by atomic mass is 9.98. The Balaban J connectivity index is 0.993. The van der Waals surface area contributed by atoms with Gasteiger partial charge in [-0.3, -0.25) is 4.40 Å². The second-order valence-electron chi connectivity index (χ2n) is 19.8. The van der Waals surface area contributed by atoms with E-state index in [0.29, 0.717) is 11.8 Å². The predicted molar refractivity (Wildman–Crippen MR) is 305 cm³/mol. The Morgan fingerprint density at radius 2 is 0.736 bits per heavy atom. The molecule has 0 aliphatic rings. The van der Waals surface area contributed by atoms with Crippen LogP contribution in [-0.4, -0.2) is 4.40 Å². The first-order valence-electron chi connectivity index (χ1n) is 25.2. The monoisotopic (exact) mass is 927 g/mol. The summed E-state index contributed by atoms with van der Waals surface area (Å²) in [6, 6.07) is 86.3. The summed E-state index contributed by atoms with van der Waals surface area (Å²) >= 11 is 0. The number of benzene rings is 10. The fourth-order valence-corrected chi connectivity index (χ4v) is 10.9. The minimum atomic E-state index is 0.436. The van der Waals surface area contributed by atoms with Crippen molar-refractivity contribution < 1.29 is 4.42 Å². The van der Waals surface area contributed by atoms with E-state index in [0.717, 1.165) is 61.7 Å². The van der Waals surface area contributed by atoms with Crippen LogP contribution in [0.1, 0.15) is 50.7 Å². The van der Waals surface area contributed by atoms with E-state index < -0.39 is 0 Å². The molecular weight excluding hydrogens is 875 g/mol. The van der Waals surface area contributed by atoms with Crippen LogP contribution in [-0.2, 0) is 0 Å². The molecule has 4 nitrogen and oxygen atoms in total. The van der Waals surface area contributed by atoms with Crippen LogP contribution < -0.4 is 9.80 Å². The van der Waals surface area contributed by atoms with Crippen LogP contribution in [0.3, 0.4) is 0 Å². The van der Waals surface area contributed by atoms with E-state index in [9.17, 15) is 0 Å². The number of furan rings is 1.